The van der Waals surface area contributed by atoms with Gasteiger partial charge in [0.25, 0.3) is 0 Å². The highest BCUT2D eigenvalue weighted by atomic mass is 16.5. The van der Waals surface area contributed by atoms with Gasteiger partial charge in [0, 0.05) is 12.2 Å². The van der Waals surface area contributed by atoms with Crippen LogP contribution in [0.25, 0.3) is 0 Å². The fourth-order valence-corrected chi connectivity index (χ4v) is 1.77. The number of hydrogen-bond donors (Lipinski definition) is 1. The number of nitrogens with zero attached hydrogens (tertiary/aromatic N) is 1. The minimum atomic E-state index is -0.173. The average Bonchev–Trinajstić information content (AvgIpc) is 2.39. The van der Waals surface area contributed by atoms with Gasteiger partial charge < -0.3 is 15.2 Å². The predicted octanol–water partition coefficient (Wildman–Crippen LogP) is 2.90. The van der Waals surface area contributed by atoms with Crippen LogP contribution < -0.4 is 15.2 Å². The summed E-state index contributed by atoms with van der Waals surface area (Å²) in [5.74, 6) is 2.09. The lowest BCUT2D eigenvalue weighted by Gasteiger charge is -2.16. The lowest BCUT2D eigenvalue weighted by Crippen LogP contribution is -2.08. The van der Waals surface area contributed by atoms with E-state index in [1.165, 1.54) is 0 Å². The number of pyridine rings is 1. The molecule has 0 aliphatic carbocycles. The van der Waals surface area contributed by atoms with Crippen LogP contribution in [0.4, 0.5) is 0 Å². The molecule has 2 aromatic rings. The number of aromatic nitrogens is 1. The second kappa shape index (κ2) is 5.51. The highest BCUT2D eigenvalue weighted by Gasteiger charge is 2.14. The molecule has 18 heavy (non-hydrogen) atoms. The maximum atomic E-state index is 5.97. The molecule has 0 radical (unpaired) electrons. The van der Waals surface area contributed by atoms with E-state index in [4.69, 9.17) is 15.2 Å². The molecular weight excluding hydrogens is 228 g/mol. The van der Waals surface area contributed by atoms with E-state index in [0.29, 0.717) is 11.5 Å². The first-order chi connectivity index (χ1) is 8.72. The SMILES string of the molecule is COc1cccc(Oc2cccnc2)c1[C@@H](C)N. The molecule has 1 aromatic carbocycles. The van der Waals surface area contributed by atoms with Gasteiger partial charge in [-0.3, -0.25) is 4.98 Å². The molecule has 4 heteroatoms. The third-order valence-corrected chi connectivity index (χ3v) is 2.56. The first-order valence-corrected chi connectivity index (χ1v) is 5.72. The smallest absolute Gasteiger partial charge is 0.145 e. The molecule has 1 atom stereocenters. The molecule has 0 unspecified atom stereocenters. The molecular formula is C14H16N2O2. The summed E-state index contributed by atoms with van der Waals surface area (Å²) < 4.78 is 11.1. The number of methoxy groups -OCH3 is 1. The minimum absolute atomic E-state index is 0.173. The Balaban J connectivity index is 2.38. The lowest BCUT2D eigenvalue weighted by atomic mass is 10.1. The van der Waals surface area contributed by atoms with Gasteiger partial charge >= 0.3 is 0 Å². The first-order valence-electron chi connectivity index (χ1n) is 5.72. The van der Waals surface area contributed by atoms with Gasteiger partial charge in [-0.25, -0.2) is 0 Å². The fraction of sp³-hybridized carbons (Fsp3) is 0.214. The van der Waals surface area contributed by atoms with Gasteiger partial charge in [0.2, 0.25) is 0 Å². The standard InChI is InChI=1S/C14H16N2O2/c1-10(15)14-12(17-2)6-3-7-13(14)18-11-5-4-8-16-9-11/h3-10H,15H2,1-2H3/t10-/m1/s1. The summed E-state index contributed by atoms with van der Waals surface area (Å²) in [6.45, 7) is 1.90. The molecule has 2 N–H and O–H groups in total. The van der Waals surface area contributed by atoms with Crippen molar-refractivity contribution in [2.75, 3.05) is 7.11 Å². The van der Waals surface area contributed by atoms with Crippen molar-refractivity contribution in [3.63, 3.8) is 0 Å². The van der Waals surface area contributed by atoms with Crippen molar-refractivity contribution in [2.45, 2.75) is 13.0 Å². The summed E-state index contributed by atoms with van der Waals surface area (Å²) in [5.41, 5.74) is 6.82. The van der Waals surface area contributed by atoms with Crippen molar-refractivity contribution in [1.29, 1.82) is 0 Å². The average molecular weight is 244 g/mol. The second-order valence-corrected chi connectivity index (χ2v) is 3.95. The van der Waals surface area contributed by atoms with E-state index in [1.807, 2.05) is 37.3 Å². The van der Waals surface area contributed by atoms with Crippen LogP contribution >= 0.6 is 0 Å². The zero-order valence-corrected chi connectivity index (χ0v) is 10.5. The van der Waals surface area contributed by atoms with E-state index >= 15 is 0 Å². The Labute approximate surface area is 106 Å². The van der Waals surface area contributed by atoms with Gasteiger partial charge in [0.05, 0.1) is 18.9 Å². The van der Waals surface area contributed by atoms with Crippen molar-refractivity contribution < 1.29 is 9.47 Å². The Bertz CT molecular complexity index is 512. The molecule has 0 saturated heterocycles. The van der Waals surface area contributed by atoms with Crippen LogP contribution in [-0.4, -0.2) is 12.1 Å². The summed E-state index contributed by atoms with van der Waals surface area (Å²) >= 11 is 0. The number of nitrogens with two attached hydrogens (primary N) is 1. The van der Waals surface area contributed by atoms with Crippen molar-refractivity contribution in [2.24, 2.45) is 5.73 Å². The largest absolute Gasteiger partial charge is 0.496 e. The molecule has 0 fully saturated rings. The molecule has 1 aromatic heterocycles. The Hall–Kier alpha value is -2.07. The van der Waals surface area contributed by atoms with Crippen LogP contribution in [0.5, 0.6) is 17.2 Å². The monoisotopic (exact) mass is 244 g/mol. The van der Waals surface area contributed by atoms with E-state index in [2.05, 4.69) is 4.98 Å². The van der Waals surface area contributed by atoms with Crippen LogP contribution in [0, 0.1) is 0 Å². The number of ether oxygens (including phenoxy) is 2. The van der Waals surface area contributed by atoms with Gasteiger partial charge in [0.1, 0.15) is 17.2 Å². The van der Waals surface area contributed by atoms with Gasteiger partial charge in [-0.2, -0.15) is 0 Å². The van der Waals surface area contributed by atoms with Gasteiger partial charge in [-0.05, 0) is 31.2 Å². The topological polar surface area (TPSA) is 57.4 Å². The number of benzene rings is 1. The van der Waals surface area contributed by atoms with E-state index in [-0.39, 0.29) is 6.04 Å². The van der Waals surface area contributed by atoms with Crippen molar-refractivity contribution in [3.8, 4) is 17.2 Å². The molecule has 0 saturated carbocycles. The van der Waals surface area contributed by atoms with Crippen molar-refractivity contribution in [1.82, 2.24) is 4.98 Å². The lowest BCUT2D eigenvalue weighted by molar-refractivity contribution is 0.397. The molecule has 0 aliphatic rings. The summed E-state index contributed by atoms with van der Waals surface area (Å²) in [5, 5.41) is 0. The van der Waals surface area contributed by atoms with Crippen LogP contribution in [-0.2, 0) is 0 Å². The third-order valence-electron chi connectivity index (χ3n) is 2.56. The Morgan fingerprint density at radius 3 is 2.56 bits per heavy atom. The van der Waals surface area contributed by atoms with E-state index in [1.54, 1.807) is 19.5 Å². The van der Waals surface area contributed by atoms with Crippen LogP contribution in [0.15, 0.2) is 42.7 Å². The highest BCUT2D eigenvalue weighted by Crippen LogP contribution is 2.35. The maximum Gasteiger partial charge on any atom is 0.145 e. The summed E-state index contributed by atoms with van der Waals surface area (Å²) in [6.07, 6.45) is 3.36. The number of hydrogen-bond acceptors (Lipinski definition) is 4. The summed E-state index contributed by atoms with van der Waals surface area (Å²) in [6, 6.07) is 9.10. The molecule has 2 rings (SSSR count). The molecule has 0 bridgehead atoms. The normalized spacial score (nSPS) is 11.9. The second-order valence-electron chi connectivity index (χ2n) is 3.95. The zero-order chi connectivity index (χ0) is 13.0. The predicted molar refractivity (Wildman–Crippen MR) is 69.9 cm³/mol. The van der Waals surface area contributed by atoms with E-state index in [9.17, 15) is 0 Å². The van der Waals surface area contributed by atoms with Crippen molar-refractivity contribution >= 4 is 0 Å². The van der Waals surface area contributed by atoms with Gasteiger partial charge in [0.15, 0.2) is 0 Å². The molecule has 94 valence electrons. The highest BCUT2D eigenvalue weighted by molar-refractivity contribution is 5.48. The van der Waals surface area contributed by atoms with E-state index in [0.717, 1.165) is 11.3 Å². The summed E-state index contributed by atoms with van der Waals surface area (Å²) in [7, 11) is 1.62. The van der Waals surface area contributed by atoms with E-state index < -0.39 is 0 Å². The van der Waals surface area contributed by atoms with Crippen molar-refractivity contribution in [3.05, 3.63) is 48.3 Å². The zero-order valence-electron chi connectivity index (χ0n) is 10.5. The minimum Gasteiger partial charge on any atom is -0.496 e. The van der Waals surface area contributed by atoms with Crippen LogP contribution in [0.2, 0.25) is 0 Å². The summed E-state index contributed by atoms with van der Waals surface area (Å²) in [4.78, 5) is 4.01. The molecule has 1 heterocycles. The molecule has 0 aliphatic heterocycles. The Morgan fingerprint density at radius 1 is 1.17 bits per heavy atom. The number of rotatable bonds is 4. The van der Waals surface area contributed by atoms with Gasteiger partial charge in [-0.1, -0.05) is 6.07 Å². The first kappa shape index (κ1) is 12.4. The third kappa shape index (κ3) is 2.60. The molecule has 0 spiro atoms. The maximum absolute atomic E-state index is 5.97. The molecule has 4 nitrogen and oxygen atoms in total. The Morgan fingerprint density at radius 2 is 1.94 bits per heavy atom. The Kier molecular flexibility index (Phi) is 3.79. The van der Waals surface area contributed by atoms with Crippen LogP contribution in [0.3, 0.4) is 0 Å². The molecule has 0 amide bonds. The fourth-order valence-electron chi connectivity index (χ4n) is 1.77. The van der Waals surface area contributed by atoms with Crippen LogP contribution in [0.1, 0.15) is 18.5 Å². The van der Waals surface area contributed by atoms with Gasteiger partial charge in [-0.15, -0.1) is 0 Å². The quantitative estimate of drug-likeness (QED) is 0.898.